The summed E-state index contributed by atoms with van der Waals surface area (Å²) in [7, 11) is 1.89. The van der Waals surface area contributed by atoms with Gasteiger partial charge in [-0.15, -0.1) is 0 Å². The molecule has 2 nitrogen and oxygen atoms in total. The largest absolute Gasteiger partial charge is 0.400 e. The third-order valence-corrected chi connectivity index (χ3v) is 5.31. The van der Waals surface area contributed by atoms with Crippen molar-refractivity contribution in [1.29, 1.82) is 0 Å². The van der Waals surface area contributed by atoms with Crippen LogP contribution in [0.5, 0.6) is 0 Å². The van der Waals surface area contributed by atoms with Crippen molar-refractivity contribution < 1.29 is 8.85 Å². The molecule has 0 aliphatic heterocycles. The smallest absolute Gasteiger partial charge is 0.328 e. The number of hydrogen-bond donors (Lipinski definition) is 1. The van der Waals surface area contributed by atoms with Gasteiger partial charge in [0.1, 0.15) is 0 Å². The highest BCUT2D eigenvalue weighted by atomic mass is 32.1. The summed E-state index contributed by atoms with van der Waals surface area (Å²) >= 11 is 4.27. The van der Waals surface area contributed by atoms with Crippen LogP contribution in [-0.4, -0.2) is 29.3 Å². The fourth-order valence-electron chi connectivity index (χ4n) is 1.90. The summed E-state index contributed by atoms with van der Waals surface area (Å²) in [4.78, 5) is 0. The van der Waals surface area contributed by atoms with E-state index in [1.54, 1.807) is 14.2 Å². The summed E-state index contributed by atoms with van der Waals surface area (Å²) in [6.45, 7) is 0. The number of thiol groups is 1. The fourth-order valence-corrected chi connectivity index (χ4v) is 3.97. The lowest BCUT2D eigenvalue weighted by molar-refractivity contribution is 0.264. The number of benzene rings is 1. The zero-order chi connectivity index (χ0) is 11.8. The maximum atomic E-state index is 5.50. The molecule has 0 aliphatic carbocycles. The fraction of sp³-hybridized carbons (Fsp3) is 0.500. The van der Waals surface area contributed by atoms with Crippen LogP contribution in [-0.2, 0) is 8.85 Å². The molecule has 90 valence electrons. The van der Waals surface area contributed by atoms with E-state index in [0.717, 1.165) is 18.6 Å². The van der Waals surface area contributed by atoms with Crippen molar-refractivity contribution in [2.24, 2.45) is 0 Å². The Morgan fingerprint density at radius 1 is 1.19 bits per heavy atom. The van der Waals surface area contributed by atoms with Gasteiger partial charge in [0.15, 0.2) is 0 Å². The van der Waals surface area contributed by atoms with E-state index in [1.165, 1.54) is 5.56 Å². The first-order valence-electron chi connectivity index (χ1n) is 5.55. The lowest BCUT2D eigenvalue weighted by Crippen LogP contribution is -2.29. The zero-order valence-electron chi connectivity index (χ0n) is 9.93. The topological polar surface area (TPSA) is 18.5 Å². The average Bonchev–Trinajstić information content (AvgIpc) is 2.35. The maximum absolute atomic E-state index is 5.50. The van der Waals surface area contributed by atoms with Crippen LogP contribution in [0.4, 0.5) is 0 Å². The Morgan fingerprint density at radius 3 is 2.31 bits per heavy atom. The van der Waals surface area contributed by atoms with Crippen molar-refractivity contribution in [3.8, 4) is 0 Å². The Morgan fingerprint density at radius 2 is 1.81 bits per heavy atom. The number of hydrogen-bond acceptors (Lipinski definition) is 3. The third-order valence-electron chi connectivity index (χ3n) is 2.69. The van der Waals surface area contributed by atoms with Crippen molar-refractivity contribution in [1.82, 2.24) is 0 Å². The molecule has 0 saturated heterocycles. The monoisotopic (exact) mass is 256 g/mol. The van der Waals surface area contributed by atoms with Crippen molar-refractivity contribution in [3.05, 3.63) is 35.9 Å². The molecule has 1 rings (SSSR count). The van der Waals surface area contributed by atoms with E-state index < -0.39 is 9.28 Å². The summed E-state index contributed by atoms with van der Waals surface area (Å²) in [5, 5.41) is 0. The quantitative estimate of drug-likeness (QED) is 0.597. The van der Waals surface area contributed by atoms with Crippen molar-refractivity contribution in [3.63, 3.8) is 0 Å². The molecule has 1 atom stereocenters. The number of rotatable bonds is 7. The Bertz CT molecular complexity index is 278. The highest BCUT2D eigenvalue weighted by Gasteiger charge is 2.25. The van der Waals surface area contributed by atoms with Gasteiger partial charge in [-0.3, -0.25) is 0 Å². The van der Waals surface area contributed by atoms with Crippen molar-refractivity contribution in [2.45, 2.75) is 18.4 Å². The van der Waals surface area contributed by atoms with E-state index in [2.05, 4.69) is 36.9 Å². The Hall–Kier alpha value is -0.293. The minimum Gasteiger partial charge on any atom is -0.400 e. The molecule has 0 amide bonds. The van der Waals surface area contributed by atoms with Gasteiger partial charge in [-0.25, -0.2) is 0 Å². The Kier molecular flexibility index (Phi) is 6.80. The van der Waals surface area contributed by atoms with Crippen LogP contribution in [0, 0.1) is 0 Å². The van der Waals surface area contributed by atoms with E-state index in [4.69, 9.17) is 8.85 Å². The Balaban J connectivity index is 2.78. The molecule has 0 aliphatic rings. The summed E-state index contributed by atoms with van der Waals surface area (Å²) in [6.07, 6.45) is 2.19. The van der Waals surface area contributed by atoms with Gasteiger partial charge in [0.25, 0.3) is 0 Å². The van der Waals surface area contributed by atoms with E-state index in [0.29, 0.717) is 5.54 Å². The molecule has 0 N–H and O–H groups in total. The minimum absolute atomic E-state index is 0.420. The summed E-state index contributed by atoms with van der Waals surface area (Å²) in [5.41, 5.74) is 1.74. The van der Waals surface area contributed by atoms with Crippen LogP contribution in [0.3, 0.4) is 0 Å². The van der Waals surface area contributed by atoms with Gasteiger partial charge in [-0.05, 0) is 24.2 Å². The highest BCUT2D eigenvalue weighted by molar-refractivity contribution is 7.80. The lowest BCUT2D eigenvalue weighted by Gasteiger charge is -2.22. The molecule has 0 aromatic heterocycles. The zero-order valence-corrected chi connectivity index (χ0v) is 12.0. The second-order valence-electron chi connectivity index (χ2n) is 3.72. The van der Waals surface area contributed by atoms with Crippen LogP contribution in [0.15, 0.2) is 30.3 Å². The molecule has 0 radical (unpaired) electrons. The molecule has 4 heteroatoms. The molecule has 1 unspecified atom stereocenters. The molecule has 16 heavy (non-hydrogen) atoms. The summed E-state index contributed by atoms with van der Waals surface area (Å²) < 4.78 is 11.0. The predicted molar refractivity (Wildman–Crippen MR) is 73.4 cm³/mol. The first kappa shape index (κ1) is 13.8. The summed E-state index contributed by atoms with van der Waals surface area (Å²) in [5.74, 6) is 0.915. The minimum atomic E-state index is -1.60. The molecule has 1 aromatic carbocycles. The first-order valence-corrected chi connectivity index (χ1v) is 7.79. The molecule has 1 aromatic rings. The lowest BCUT2D eigenvalue weighted by atomic mass is 10.1. The maximum Gasteiger partial charge on any atom is 0.328 e. The molecular weight excluding hydrogens is 236 g/mol. The first-order chi connectivity index (χ1) is 7.83. The molecular formula is C12H20O2SSi. The predicted octanol–water partition coefficient (Wildman–Crippen LogP) is 2.53. The second kappa shape index (κ2) is 7.90. The molecule has 0 spiro atoms. The van der Waals surface area contributed by atoms with Crippen molar-refractivity contribution >= 4 is 21.9 Å². The van der Waals surface area contributed by atoms with Crippen LogP contribution in [0.2, 0.25) is 0 Å². The SMILES string of the molecule is CO[SiH](OC)C(CCCS)c1ccccc1. The van der Waals surface area contributed by atoms with Gasteiger partial charge < -0.3 is 8.85 Å². The Labute approximate surface area is 105 Å². The standard InChI is InChI=1S/C12H20O2SSi/c1-13-16(14-2)12(9-6-10-15)11-7-4-3-5-8-11/h3-5,7-8,12,15-16H,6,9-10H2,1-2H3. The van der Waals surface area contributed by atoms with E-state index >= 15 is 0 Å². The van der Waals surface area contributed by atoms with E-state index in [9.17, 15) is 0 Å². The molecule has 0 saturated carbocycles. The summed E-state index contributed by atoms with van der Waals surface area (Å²) in [6, 6.07) is 10.5. The van der Waals surface area contributed by atoms with Gasteiger partial charge in [0.05, 0.1) is 0 Å². The van der Waals surface area contributed by atoms with Gasteiger partial charge in [0.2, 0.25) is 0 Å². The van der Waals surface area contributed by atoms with Crippen molar-refractivity contribution in [2.75, 3.05) is 20.0 Å². The normalized spacial score (nSPS) is 13.0. The van der Waals surface area contributed by atoms with Gasteiger partial charge >= 0.3 is 9.28 Å². The third kappa shape index (κ3) is 3.94. The average molecular weight is 256 g/mol. The van der Waals surface area contributed by atoms with Crippen LogP contribution < -0.4 is 0 Å². The van der Waals surface area contributed by atoms with E-state index in [-0.39, 0.29) is 0 Å². The van der Waals surface area contributed by atoms with Gasteiger partial charge in [0, 0.05) is 19.8 Å². The van der Waals surface area contributed by atoms with Gasteiger partial charge in [-0.2, -0.15) is 12.6 Å². The van der Waals surface area contributed by atoms with Crippen LogP contribution in [0.25, 0.3) is 0 Å². The second-order valence-corrected chi connectivity index (χ2v) is 6.65. The molecule has 0 bridgehead atoms. The van der Waals surface area contributed by atoms with Gasteiger partial charge in [-0.1, -0.05) is 30.3 Å². The highest BCUT2D eigenvalue weighted by Crippen LogP contribution is 2.24. The van der Waals surface area contributed by atoms with Crippen LogP contribution >= 0.6 is 12.6 Å². The molecule has 0 fully saturated rings. The molecule has 0 heterocycles. The van der Waals surface area contributed by atoms with E-state index in [1.807, 2.05) is 6.07 Å². The van der Waals surface area contributed by atoms with Crippen LogP contribution in [0.1, 0.15) is 23.9 Å².